The van der Waals surface area contributed by atoms with Crippen molar-refractivity contribution in [1.82, 2.24) is 9.80 Å². The van der Waals surface area contributed by atoms with Gasteiger partial charge in [-0.05, 0) is 45.4 Å². The van der Waals surface area contributed by atoms with E-state index >= 15 is 0 Å². The van der Waals surface area contributed by atoms with Crippen molar-refractivity contribution in [3.05, 3.63) is 29.6 Å². The first-order valence-electron chi connectivity index (χ1n) is 8.30. The van der Waals surface area contributed by atoms with Crippen molar-refractivity contribution in [3.8, 4) is 0 Å². The van der Waals surface area contributed by atoms with E-state index < -0.39 is 29.4 Å². The van der Waals surface area contributed by atoms with Gasteiger partial charge in [-0.2, -0.15) is 0 Å². The van der Waals surface area contributed by atoms with Gasteiger partial charge in [0.1, 0.15) is 11.9 Å². The van der Waals surface area contributed by atoms with Gasteiger partial charge in [0.05, 0.1) is 5.69 Å². The molecule has 1 aromatic carbocycles. The highest BCUT2D eigenvalue weighted by Crippen LogP contribution is 2.30. The van der Waals surface area contributed by atoms with E-state index in [1.54, 1.807) is 34.9 Å². The zero-order valence-corrected chi connectivity index (χ0v) is 15.6. The van der Waals surface area contributed by atoms with E-state index in [-0.39, 0.29) is 30.1 Å². The van der Waals surface area contributed by atoms with Crippen LogP contribution < -0.4 is 4.90 Å². The molecule has 0 spiro atoms. The molecule has 1 aromatic rings. The lowest BCUT2D eigenvalue weighted by molar-refractivity contribution is -0.122. The molecule has 3 amide bonds. The van der Waals surface area contributed by atoms with Gasteiger partial charge in [0, 0.05) is 31.7 Å². The fourth-order valence-corrected chi connectivity index (χ4v) is 3.15. The van der Waals surface area contributed by atoms with Crippen molar-refractivity contribution in [2.45, 2.75) is 38.8 Å². The molecular formula is C18H24FN3O4. The van der Waals surface area contributed by atoms with E-state index in [1.165, 1.54) is 21.9 Å². The maximum absolute atomic E-state index is 14.5. The number of carboxylic acid groups (broad SMARTS) is 1. The molecule has 1 atom stereocenters. The lowest BCUT2D eigenvalue weighted by Gasteiger charge is -2.36. The second-order valence-electron chi connectivity index (χ2n) is 7.48. The highest BCUT2D eigenvalue weighted by atomic mass is 19.1. The number of rotatable bonds is 3. The second-order valence-corrected chi connectivity index (χ2v) is 7.48. The van der Waals surface area contributed by atoms with E-state index in [0.717, 1.165) is 11.0 Å². The number of carbonyl (C=O) groups excluding carboxylic acids is 2. The first-order chi connectivity index (χ1) is 11.9. The molecule has 0 unspecified atom stereocenters. The van der Waals surface area contributed by atoms with Crippen LogP contribution >= 0.6 is 0 Å². The Morgan fingerprint density at radius 3 is 2.35 bits per heavy atom. The quantitative estimate of drug-likeness (QED) is 0.892. The number of carbonyl (C=O) groups is 3. The molecule has 8 heteroatoms. The van der Waals surface area contributed by atoms with Crippen molar-refractivity contribution < 1.29 is 23.9 Å². The van der Waals surface area contributed by atoms with Gasteiger partial charge in [-0.1, -0.05) is 0 Å². The Morgan fingerprint density at radius 2 is 1.88 bits per heavy atom. The van der Waals surface area contributed by atoms with Crippen molar-refractivity contribution in [3.63, 3.8) is 0 Å². The molecule has 2 rings (SSSR count). The molecule has 1 saturated heterocycles. The standard InChI is InChI=1S/C18H24FN3O4/c1-18(2,3)22(17(25)26)14-8-9-21(16(14)24)13-7-6-11(10-12(13)19)15(23)20(4)5/h6-7,10,14H,8-9H2,1-5H3,(H,25,26)/t14-/m0/s1. The van der Waals surface area contributed by atoms with Crippen LogP contribution in [0, 0.1) is 5.82 Å². The molecule has 0 bridgehead atoms. The number of hydrogen-bond acceptors (Lipinski definition) is 3. The normalized spacial score (nSPS) is 17.4. The van der Waals surface area contributed by atoms with Crippen molar-refractivity contribution in [1.29, 1.82) is 0 Å². The summed E-state index contributed by atoms with van der Waals surface area (Å²) >= 11 is 0. The average Bonchev–Trinajstić information content (AvgIpc) is 2.86. The summed E-state index contributed by atoms with van der Waals surface area (Å²) in [5, 5.41) is 9.49. The van der Waals surface area contributed by atoms with E-state index in [2.05, 4.69) is 0 Å². The van der Waals surface area contributed by atoms with Gasteiger partial charge in [0.25, 0.3) is 5.91 Å². The SMILES string of the molecule is CN(C)C(=O)c1ccc(N2CC[C@H](N(C(=O)O)C(C)(C)C)C2=O)c(F)c1. The van der Waals surface area contributed by atoms with Crippen molar-refractivity contribution in [2.24, 2.45) is 0 Å². The molecule has 142 valence electrons. The molecule has 0 aromatic heterocycles. The van der Waals surface area contributed by atoms with Gasteiger partial charge in [-0.3, -0.25) is 14.5 Å². The van der Waals surface area contributed by atoms with Crippen LogP contribution in [0.25, 0.3) is 0 Å². The Labute approximate surface area is 152 Å². The number of hydrogen-bond donors (Lipinski definition) is 1. The molecule has 1 heterocycles. The Bertz CT molecular complexity index is 742. The fourth-order valence-electron chi connectivity index (χ4n) is 3.15. The lowest BCUT2D eigenvalue weighted by atomic mass is 10.0. The highest BCUT2D eigenvalue weighted by Gasteiger charge is 2.44. The Kier molecular flexibility index (Phi) is 5.25. The number of amides is 3. The van der Waals surface area contributed by atoms with Gasteiger partial charge in [-0.15, -0.1) is 0 Å². The van der Waals surface area contributed by atoms with E-state index in [0.29, 0.717) is 0 Å². The monoisotopic (exact) mass is 365 g/mol. The number of benzene rings is 1. The minimum absolute atomic E-state index is 0.0482. The highest BCUT2D eigenvalue weighted by molar-refractivity contribution is 6.01. The first-order valence-corrected chi connectivity index (χ1v) is 8.30. The van der Waals surface area contributed by atoms with Crippen LogP contribution in [0.15, 0.2) is 18.2 Å². The topological polar surface area (TPSA) is 81.2 Å². The summed E-state index contributed by atoms with van der Waals surface area (Å²) in [4.78, 5) is 40.0. The Hall–Kier alpha value is -2.64. The van der Waals surface area contributed by atoms with Crippen LogP contribution in [0.4, 0.5) is 14.9 Å². The van der Waals surface area contributed by atoms with E-state index in [4.69, 9.17) is 0 Å². The van der Waals surface area contributed by atoms with Crippen LogP contribution in [0.3, 0.4) is 0 Å². The van der Waals surface area contributed by atoms with Crippen LogP contribution in [0.1, 0.15) is 37.6 Å². The average molecular weight is 365 g/mol. The summed E-state index contributed by atoms with van der Waals surface area (Å²) in [7, 11) is 3.13. The van der Waals surface area contributed by atoms with Crippen molar-refractivity contribution in [2.75, 3.05) is 25.5 Å². The van der Waals surface area contributed by atoms with Gasteiger partial charge in [-0.25, -0.2) is 9.18 Å². The minimum atomic E-state index is -1.19. The number of nitrogens with zero attached hydrogens (tertiary/aromatic N) is 3. The Morgan fingerprint density at radius 1 is 1.27 bits per heavy atom. The third kappa shape index (κ3) is 3.63. The molecule has 0 saturated carbocycles. The van der Waals surface area contributed by atoms with Crippen LogP contribution in [0.5, 0.6) is 0 Å². The van der Waals surface area contributed by atoms with Gasteiger partial charge in [0.15, 0.2) is 0 Å². The smallest absolute Gasteiger partial charge is 0.408 e. The minimum Gasteiger partial charge on any atom is -0.465 e. The summed E-state index contributed by atoms with van der Waals surface area (Å²) in [6, 6.07) is 3.07. The van der Waals surface area contributed by atoms with Crippen LogP contribution in [-0.4, -0.2) is 65.0 Å². The summed E-state index contributed by atoms with van der Waals surface area (Å²) in [6.45, 7) is 5.33. The van der Waals surface area contributed by atoms with Crippen molar-refractivity contribution >= 4 is 23.6 Å². The third-order valence-electron chi connectivity index (χ3n) is 4.31. The number of anilines is 1. The maximum atomic E-state index is 14.5. The predicted octanol–water partition coefficient (Wildman–Crippen LogP) is 2.41. The van der Waals surface area contributed by atoms with E-state index in [9.17, 15) is 23.9 Å². The first kappa shape index (κ1) is 19.7. The van der Waals surface area contributed by atoms with Gasteiger partial charge in [0.2, 0.25) is 5.91 Å². The summed E-state index contributed by atoms with van der Waals surface area (Å²) in [5.74, 6) is -1.50. The zero-order chi connectivity index (χ0) is 19.8. The largest absolute Gasteiger partial charge is 0.465 e. The zero-order valence-electron chi connectivity index (χ0n) is 15.6. The fraction of sp³-hybridized carbons (Fsp3) is 0.500. The maximum Gasteiger partial charge on any atom is 0.408 e. The molecule has 26 heavy (non-hydrogen) atoms. The third-order valence-corrected chi connectivity index (χ3v) is 4.31. The van der Waals surface area contributed by atoms with E-state index in [1.807, 2.05) is 0 Å². The summed E-state index contributed by atoms with van der Waals surface area (Å²) < 4.78 is 14.5. The van der Waals surface area contributed by atoms with Gasteiger partial charge >= 0.3 is 6.09 Å². The van der Waals surface area contributed by atoms with Crippen LogP contribution in [0.2, 0.25) is 0 Å². The molecular weight excluding hydrogens is 341 g/mol. The summed E-state index contributed by atoms with van der Waals surface area (Å²) in [5.41, 5.74) is -0.531. The van der Waals surface area contributed by atoms with Gasteiger partial charge < -0.3 is 14.9 Å². The second kappa shape index (κ2) is 6.93. The molecule has 1 N–H and O–H groups in total. The Balaban J connectivity index is 2.30. The predicted molar refractivity (Wildman–Crippen MR) is 94.8 cm³/mol. The van der Waals surface area contributed by atoms with Crippen LogP contribution in [-0.2, 0) is 4.79 Å². The molecule has 0 aliphatic carbocycles. The summed E-state index contributed by atoms with van der Waals surface area (Å²) in [6.07, 6.45) is -0.912. The molecule has 1 aliphatic heterocycles. The molecule has 1 fully saturated rings. The molecule has 0 radical (unpaired) electrons. The molecule has 7 nitrogen and oxygen atoms in total. The molecule has 1 aliphatic rings. The number of halogens is 1. The lowest BCUT2D eigenvalue weighted by Crippen LogP contribution is -2.54.